The highest BCUT2D eigenvalue weighted by Crippen LogP contribution is 2.09. The highest BCUT2D eigenvalue weighted by atomic mass is 16.4. The molecule has 13 nitrogen and oxygen atoms in total. The number of carbonyl (C=O) groups is 6. The molecule has 0 rings (SSSR count). The van der Waals surface area contributed by atoms with Crippen molar-refractivity contribution in [2.45, 2.75) is 57.7 Å². The zero-order valence-electron chi connectivity index (χ0n) is 16.8. The molecule has 0 aromatic carbocycles. The number of nitrogens with two attached hydrogens (primary N) is 2. The van der Waals surface area contributed by atoms with E-state index in [0.29, 0.717) is 6.42 Å². The first-order chi connectivity index (χ1) is 13.9. The second-order valence-corrected chi connectivity index (χ2v) is 6.70. The van der Waals surface area contributed by atoms with Crippen LogP contribution in [0.15, 0.2) is 0 Å². The molecule has 0 aromatic heterocycles. The SMILES string of the molecule is CCC(C)C(NC(=O)C(CCC(=O)O)NC(=O)C(CC(N)=O)NC(=O)CN)C(=O)O. The molecule has 0 aliphatic carbocycles. The van der Waals surface area contributed by atoms with Crippen molar-refractivity contribution >= 4 is 35.6 Å². The van der Waals surface area contributed by atoms with Crippen molar-refractivity contribution in [3.05, 3.63) is 0 Å². The van der Waals surface area contributed by atoms with Crippen LogP contribution in [0.1, 0.15) is 39.5 Å². The van der Waals surface area contributed by atoms with Gasteiger partial charge >= 0.3 is 11.9 Å². The lowest BCUT2D eigenvalue weighted by Crippen LogP contribution is -2.57. The second-order valence-electron chi connectivity index (χ2n) is 6.70. The van der Waals surface area contributed by atoms with Crippen molar-refractivity contribution < 1.29 is 39.0 Å². The van der Waals surface area contributed by atoms with Crippen molar-refractivity contribution in [3.8, 4) is 0 Å². The number of nitrogens with one attached hydrogen (secondary N) is 3. The van der Waals surface area contributed by atoms with Gasteiger partial charge in [0.1, 0.15) is 18.1 Å². The van der Waals surface area contributed by atoms with E-state index in [4.69, 9.17) is 16.6 Å². The normalized spacial score (nSPS) is 14.5. The van der Waals surface area contributed by atoms with Gasteiger partial charge in [-0.15, -0.1) is 0 Å². The number of hydrogen-bond acceptors (Lipinski definition) is 7. The molecule has 0 aliphatic rings. The summed E-state index contributed by atoms with van der Waals surface area (Å²) in [6, 6.07) is -4.13. The van der Waals surface area contributed by atoms with E-state index >= 15 is 0 Å². The van der Waals surface area contributed by atoms with Gasteiger partial charge in [0, 0.05) is 6.42 Å². The van der Waals surface area contributed by atoms with Gasteiger partial charge in [-0.25, -0.2) is 4.79 Å². The number of hydrogen-bond donors (Lipinski definition) is 7. The Labute approximate surface area is 172 Å². The predicted octanol–water partition coefficient (Wildman–Crippen LogP) is -2.73. The number of carboxylic acid groups (broad SMARTS) is 2. The minimum Gasteiger partial charge on any atom is -0.481 e. The molecule has 0 bridgehead atoms. The van der Waals surface area contributed by atoms with Gasteiger partial charge in [0.15, 0.2) is 0 Å². The molecular formula is C17H29N5O8. The predicted molar refractivity (Wildman–Crippen MR) is 103 cm³/mol. The Balaban J connectivity index is 5.51. The molecule has 13 heteroatoms. The Kier molecular flexibility index (Phi) is 11.7. The van der Waals surface area contributed by atoms with Gasteiger partial charge in [-0.05, 0) is 12.3 Å². The largest absolute Gasteiger partial charge is 0.481 e. The maximum atomic E-state index is 12.6. The molecule has 30 heavy (non-hydrogen) atoms. The second kappa shape index (κ2) is 13.1. The molecule has 0 saturated carbocycles. The van der Waals surface area contributed by atoms with Crippen LogP contribution < -0.4 is 27.4 Å². The third-order valence-corrected chi connectivity index (χ3v) is 4.30. The Bertz CT molecular complexity index is 669. The van der Waals surface area contributed by atoms with E-state index in [1.54, 1.807) is 13.8 Å². The first-order valence-corrected chi connectivity index (χ1v) is 9.25. The molecule has 0 heterocycles. The third-order valence-electron chi connectivity index (χ3n) is 4.30. The van der Waals surface area contributed by atoms with Crippen molar-refractivity contribution in [1.82, 2.24) is 16.0 Å². The van der Waals surface area contributed by atoms with Gasteiger partial charge in [-0.1, -0.05) is 20.3 Å². The quantitative estimate of drug-likeness (QED) is 0.151. The summed E-state index contributed by atoms with van der Waals surface area (Å²) in [6.45, 7) is 2.86. The lowest BCUT2D eigenvalue weighted by molar-refractivity contribution is -0.144. The molecule has 0 saturated heterocycles. The topological polar surface area (TPSA) is 231 Å². The van der Waals surface area contributed by atoms with E-state index in [0.717, 1.165) is 0 Å². The zero-order chi connectivity index (χ0) is 23.4. The number of primary amides is 1. The van der Waals surface area contributed by atoms with Gasteiger partial charge in [0.05, 0.1) is 13.0 Å². The number of amides is 4. The average molecular weight is 431 g/mol. The maximum absolute atomic E-state index is 12.6. The highest BCUT2D eigenvalue weighted by molar-refractivity contribution is 5.95. The van der Waals surface area contributed by atoms with Crippen LogP contribution in [0.2, 0.25) is 0 Å². The van der Waals surface area contributed by atoms with Crippen molar-refractivity contribution in [1.29, 1.82) is 0 Å². The maximum Gasteiger partial charge on any atom is 0.326 e. The van der Waals surface area contributed by atoms with Crippen LogP contribution in [-0.4, -0.2) is 70.5 Å². The molecule has 4 unspecified atom stereocenters. The number of aliphatic carboxylic acids is 2. The third kappa shape index (κ3) is 9.82. The summed E-state index contributed by atoms with van der Waals surface area (Å²) in [5, 5.41) is 24.9. The van der Waals surface area contributed by atoms with Crippen molar-refractivity contribution in [3.63, 3.8) is 0 Å². The Morgan fingerprint density at radius 3 is 1.93 bits per heavy atom. The number of rotatable bonds is 14. The van der Waals surface area contributed by atoms with E-state index in [1.807, 2.05) is 0 Å². The fourth-order valence-electron chi connectivity index (χ4n) is 2.41. The van der Waals surface area contributed by atoms with Gasteiger partial charge < -0.3 is 37.6 Å². The fourth-order valence-corrected chi connectivity index (χ4v) is 2.41. The highest BCUT2D eigenvalue weighted by Gasteiger charge is 2.32. The summed E-state index contributed by atoms with van der Waals surface area (Å²) in [4.78, 5) is 70.0. The Hall–Kier alpha value is -3.22. The summed E-state index contributed by atoms with van der Waals surface area (Å²) < 4.78 is 0. The molecule has 0 radical (unpaired) electrons. The van der Waals surface area contributed by atoms with E-state index in [9.17, 15) is 33.9 Å². The fraction of sp³-hybridized carbons (Fsp3) is 0.647. The van der Waals surface area contributed by atoms with E-state index in [1.165, 1.54) is 0 Å². The monoisotopic (exact) mass is 431 g/mol. The molecular weight excluding hydrogens is 402 g/mol. The van der Waals surface area contributed by atoms with Gasteiger partial charge in [-0.2, -0.15) is 0 Å². The van der Waals surface area contributed by atoms with Gasteiger partial charge in [0.2, 0.25) is 23.6 Å². The molecule has 4 atom stereocenters. The average Bonchev–Trinajstić information content (AvgIpc) is 2.66. The zero-order valence-corrected chi connectivity index (χ0v) is 16.8. The van der Waals surface area contributed by atoms with Crippen LogP contribution in [0.5, 0.6) is 0 Å². The van der Waals surface area contributed by atoms with E-state index in [-0.39, 0.29) is 6.42 Å². The van der Waals surface area contributed by atoms with Crippen molar-refractivity contribution in [2.75, 3.05) is 6.54 Å². The summed E-state index contributed by atoms with van der Waals surface area (Å²) >= 11 is 0. The summed E-state index contributed by atoms with van der Waals surface area (Å²) in [6.07, 6.45) is -1.01. The van der Waals surface area contributed by atoms with E-state index < -0.39 is 79.0 Å². The lowest BCUT2D eigenvalue weighted by Gasteiger charge is -2.25. The molecule has 9 N–H and O–H groups in total. The first kappa shape index (κ1) is 26.8. The molecule has 0 spiro atoms. The summed E-state index contributed by atoms with van der Waals surface area (Å²) in [7, 11) is 0. The molecule has 0 fully saturated rings. The summed E-state index contributed by atoms with van der Waals surface area (Å²) in [5.41, 5.74) is 10.2. The van der Waals surface area contributed by atoms with E-state index in [2.05, 4.69) is 16.0 Å². The standard InChI is InChI=1S/C17H29N5O8/c1-3-8(2)14(17(29)30)22-15(27)9(4-5-13(25)26)21-16(28)10(6-11(19)23)20-12(24)7-18/h8-10,14H,3-7,18H2,1-2H3,(H2,19,23)(H,20,24)(H,21,28)(H,22,27)(H,25,26)(H,29,30). The Morgan fingerprint density at radius 2 is 1.50 bits per heavy atom. The summed E-state index contributed by atoms with van der Waals surface area (Å²) in [5.74, 6) is -6.54. The Morgan fingerprint density at radius 1 is 0.933 bits per heavy atom. The minimum absolute atomic E-state index is 0.353. The van der Waals surface area contributed by atoms with Crippen LogP contribution in [0.25, 0.3) is 0 Å². The van der Waals surface area contributed by atoms with Gasteiger partial charge in [-0.3, -0.25) is 24.0 Å². The van der Waals surface area contributed by atoms with Crippen LogP contribution >= 0.6 is 0 Å². The number of carbonyl (C=O) groups excluding carboxylic acids is 4. The van der Waals surface area contributed by atoms with Crippen LogP contribution in [0.4, 0.5) is 0 Å². The smallest absolute Gasteiger partial charge is 0.326 e. The molecule has 4 amide bonds. The van der Waals surface area contributed by atoms with Crippen LogP contribution in [0.3, 0.4) is 0 Å². The molecule has 0 aliphatic heterocycles. The first-order valence-electron chi connectivity index (χ1n) is 9.25. The molecule has 170 valence electrons. The van der Waals surface area contributed by atoms with Crippen LogP contribution in [0, 0.1) is 5.92 Å². The van der Waals surface area contributed by atoms with Crippen LogP contribution in [-0.2, 0) is 28.8 Å². The van der Waals surface area contributed by atoms with Crippen molar-refractivity contribution in [2.24, 2.45) is 17.4 Å². The minimum atomic E-state index is -1.44. The molecule has 0 aromatic rings. The van der Waals surface area contributed by atoms with Gasteiger partial charge in [0.25, 0.3) is 0 Å². The lowest BCUT2D eigenvalue weighted by atomic mass is 9.98. The number of carboxylic acids is 2.